The van der Waals surface area contributed by atoms with Gasteiger partial charge in [-0.05, 0) is 30.7 Å². The summed E-state index contributed by atoms with van der Waals surface area (Å²) >= 11 is 3.36. The first-order chi connectivity index (χ1) is 8.70. The molecule has 2 aromatic rings. The first-order valence-electron chi connectivity index (χ1n) is 5.67. The van der Waals surface area contributed by atoms with Crippen molar-refractivity contribution in [2.75, 3.05) is 20.3 Å². The summed E-state index contributed by atoms with van der Waals surface area (Å²) in [5.74, 6) is 0.138. The van der Waals surface area contributed by atoms with Gasteiger partial charge in [-0.3, -0.25) is 4.79 Å². The van der Waals surface area contributed by atoms with Crippen molar-refractivity contribution in [2.24, 2.45) is 0 Å². The van der Waals surface area contributed by atoms with Crippen molar-refractivity contribution in [1.82, 2.24) is 5.32 Å². The van der Waals surface area contributed by atoms with E-state index in [9.17, 15) is 4.79 Å². The summed E-state index contributed by atoms with van der Waals surface area (Å²) in [5.41, 5.74) is 0.700. The highest BCUT2D eigenvalue weighted by atomic mass is 79.9. The maximum Gasteiger partial charge on any atom is 0.287 e. The topological polar surface area (TPSA) is 51.5 Å². The number of rotatable bonds is 5. The van der Waals surface area contributed by atoms with Gasteiger partial charge in [-0.2, -0.15) is 0 Å². The largest absolute Gasteiger partial charge is 0.451 e. The average molecular weight is 312 g/mol. The minimum atomic E-state index is -0.196. The fraction of sp³-hybridized carbons (Fsp3) is 0.308. The van der Waals surface area contributed by atoms with E-state index in [1.54, 1.807) is 13.2 Å². The standard InChI is InChI=1S/C13H14BrNO3/c1-17-6-2-5-15-13(16)12-7-9-3-4-10(14)8-11(9)18-12/h3-4,7-8H,2,5-6H2,1H3,(H,15,16). The molecule has 1 aromatic heterocycles. The lowest BCUT2D eigenvalue weighted by molar-refractivity contribution is 0.0923. The molecule has 0 fully saturated rings. The maximum absolute atomic E-state index is 11.8. The van der Waals surface area contributed by atoms with Crippen LogP contribution in [-0.2, 0) is 4.74 Å². The second kappa shape index (κ2) is 6.02. The van der Waals surface area contributed by atoms with Crippen LogP contribution < -0.4 is 5.32 Å². The fourth-order valence-electron chi connectivity index (χ4n) is 1.62. The van der Waals surface area contributed by atoms with E-state index in [1.165, 1.54) is 0 Å². The zero-order chi connectivity index (χ0) is 13.0. The Balaban J connectivity index is 2.04. The minimum Gasteiger partial charge on any atom is -0.451 e. The zero-order valence-corrected chi connectivity index (χ0v) is 11.6. The van der Waals surface area contributed by atoms with Gasteiger partial charge in [-0.25, -0.2) is 0 Å². The van der Waals surface area contributed by atoms with Gasteiger partial charge >= 0.3 is 0 Å². The van der Waals surface area contributed by atoms with E-state index in [1.807, 2.05) is 18.2 Å². The van der Waals surface area contributed by atoms with Gasteiger partial charge in [-0.15, -0.1) is 0 Å². The van der Waals surface area contributed by atoms with Crippen molar-refractivity contribution >= 4 is 32.8 Å². The lowest BCUT2D eigenvalue weighted by Crippen LogP contribution is -2.24. The third-order valence-corrected chi connectivity index (χ3v) is 3.01. The number of hydrogen-bond donors (Lipinski definition) is 1. The predicted octanol–water partition coefficient (Wildman–Crippen LogP) is 2.96. The predicted molar refractivity (Wildman–Crippen MR) is 72.7 cm³/mol. The number of carbonyl (C=O) groups excluding carboxylic acids is 1. The van der Waals surface area contributed by atoms with E-state index in [0.29, 0.717) is 24.5 Å². The Labute approximate surface area is 113 Å². The summed E-state index contributed by atoms with van der Waals surface area (Å²) in [6.07, 6.45) is 0.786. The molecule has 1 amide bonds. The molecule has 1 heterocycles. The highest BCUT2D eigenvalue weighted by Crippen LogP contribution is 2.23. The Hall–Kier alpha value is -1.33. The number of halogens is 1. The zero-order valence-electron chi connectivity index (χ0n) is 10.0. The molecule has 18 heavy (non-hydrogen) atoms. The van der Waals surface area contributed by atoms with Crippen LogP contribution in [0.15, 0.2) is 33.2 Å². The second-order valence-corrected chi connectivity index (χ2v) is 4.81. The highest BCUT2D eigenvalue weighted by molar-refractivity contribution is 9.10. The Morgan fingerprint density at radius 3 is 3.06 bits per heavy atom. The summed E-state index contributed by atoms with van der Waals surface area (Å²) in [7, 11) is 1.64. The van der Waals surface area contributed by atoms with Gasteiger partial charge in [0.05, 0.1) is 0 Å². The summed E-state index contributed by atoms with van der Waals surface area (Å²) in [6.45, 7) is 1.21. The van der Waals surface area contributed by atoms with Gasteiger partial charge in [0.1, 0.15) is 5.58 Å². The Morgan fingerprint density at radius 2 is 2.28 bits per heavy atom. The molecule has 0 aliphatic carbocycles. The summed E-state index contributed by atoms with van der Waals surface area (Å²) in [6, 6.07) is 7.41. The SMILES string of the molecule is COCCCNC(=O)c1cc2ccc(Br)cc2o1. The van der Waals surface area contributed by atoms with E-state index in [0.717, 1.165) is 16.3 Å². The summed E-state index contributed by atoms with van der Waals surface area (Å²) in [4.78, 5) is 11.8. The maximum atomic E-state index is 11.8. The van der Waals surface area contributed by atoms with E-state index in [4.69, 9.17) is 9.15 Å². The molecule has 1 N–H and O–H groups in total. The van der Waals surface area contributed by atoms with Crippen LogP contribution in [0.3, 0.4) is 0 Å². The number of ether oxygens (including phenoxy) is 1. The summed E-state index contributed by atoms with van der Waals surface area (Å²) in [5, 5.41) is 3.70. The Kier molecular flexibility index (Phi) is 4.38. The lowest BCUT2D eigenvalue weighted by atomic mass is 10.2. The van der Waals surface area contributed by atoms with Gasteiger partial charge in [-0.1, -0.05) is 15.9 Å². The van der Waals surface area contributed by atoms with Crippen LogP contribution in [0.2, 0.25) is 0 Å². The number of furan rings is 1. The third kappa shape index (κ3) is 3.11. The second-order valence-electron chi connectivity index (χ2n) is 3.90. The monoisotopic (exact) mass is 311 g/mol. The number of amides is 1. The Bertz CT molecular complexity index is 550. The first-order valence-corrected chi connectivity index (χ1v) is 6.46. The van der Waals surface area contributed by atoms with Gasteiger partial charge in [0.15, 0.2) is 5.76 Å². The van der Waals surface area contributed by atoms with Crippen molar-refractivity contribution in [3.63, 3.8) is 0 Å². The quantitative estimate of drug-likeness (QED) is 0.864. The van der Waals surface area contributed by atoms with Crippen molar-refractivity contribution in [3.05, 3.63) is 34.5 Å². The van der Waals surface area contributed by atoms with Crippen LogP contribution in [0.5, 0.6) is 0 Å². The number of carbonyl (C=O) groups is 1. The molecule has 2 rings (SSSR count). The smallest absolute Gasteiger partial charge is 0.287 e. The molecule has 1 aromatic carbocycles. The fourth-order valence-corrected chi connectivity index (χ4v) is 1.96. The lowest BCUT2D eigenvalue weighted by Gasteiger charge is -2.01. The first kappa shape index (κ1) is 13.1. The molecule has 0 unspecified atom stereocenters. The molecule has 96 valence electrons. The molecule has 5 heteroatoms. The minimum absolute atomic E-state index is 0.196. The van der Waals surface area contributed by atoms with Crippen LogP contribution in [0.1, 0.15) is 17.0 Å². The average Bonchev–Trinajstić information content (AvgIpc) is 2.77. The molecule has 0 saturated carbocycles. The van der Waals surface area contributed by atoms with Gasteiger partial charge in [0, 0.05) is 30.1 Å². The van der Waals surface area contributed by atoms with Crippen LogP contribution in [0, 0.1) is 0 Å². The van der Waals surface area contributed by atoms with Gasteiger partial charge in [0.2, 0.25) is 0 Å². The molecular formula is C13H14BrNO3. The molecular weight excluding hydrogens is 298 g/mol. The van der Waals surface area contributed by atoms with Crippen molar-refractivity contribution in [1.29, 1.82) is 0 Å². The van der Waals surface area contributed by atoms with Crippen molar-refractivity contribution < 1.29 is 13.9 Å². The Morgan fingerprint density at radius 1 is 1.44 bits per heavy atom. The van der Waals surface area contributed by atoms with E-state index >= 15 is 0 Å². The number of methoxy groups -OCH3 is 1. The normalized spacial score (nSPS) is 10.8. The van der Waals surface area contributed by atoms with Crippen LogP contribution in [0.4, 0.5) is 0 Å². The summed E-state index contributed by atoms with van der Waals surface area (Å²) < 4.78 is 11.3. The number of benzene rings is 1. The number of hydrogen-bond acceptors (Lipinski definition) is 3. The number of fused-ring (bicyclic) bond motifs is 1. The highest BCUT2D eigenvalue weighted by Gasteiger charge is 2.11. The third-order valence-electron chi connectivity index (χ3n) is 2.52. The van der Waals surface area contributed by atoms with Crippen LogP contribution in [-0.4, -0.2) is 26.2 Å². The van der Waals surface area contributed by atoms with Gasteiger partial charge < -0.3 is 14.5 Å². The van der Waals surface area contributed by atoms with E-state index < -0.39 is 0 Å². The van der Waals surface area contributed by atoms with E-state index in [2.05, 4.69) is 21.2 Å². The molecule has 0 radical (unpaired) electrons. The molecule has 0 aliphatic heterocycles. The van der Waals surface area contributed by atoms with Crippen molar-refractivity contribution in [3.8, 4) is 0 Å². The molecule has 0 saturated heterocycles. The van der Waals surface area contributed by atoms with Gasteiger partial charge in [0.25, 0.3) is 5.91 Å². The molecule has 0 aliphatic rings. The molecule has 4 nitrogen and oxygen atoms in total. The molecule has 0 atom stereocenters. The number of nitrogens with one attached hydrogen (secondary N) is 1. The van der Waals surface area contributed by atoms with Crippen LogP contribution in [0.25, 0.3) is 11.0 Å². The molecule has 0 spiro atoms. The molecule has 0 bridgehead atoms. The van der Waals surface area contributed by atoms with Crippen molar-refractivity contribution in [2.45, 2.75) is 6.42 Å². The van der Waals surface area contributed by atoms with Crippen LogP contribution >= 0.6 is 15.9 Å². The van der Waals surface area contributed by atoms with E-state index in [-0.39, 0.29) is 5.91 Å².